The lowest BCUT2D eigenvalue weighted by atomic mass is 10.5. The van der Waals surface area contributed by atoms with Crippen LogP contribution >= 0.6 is 23.5 Å². The van der Waals surface area contributed by atoms with Crippen molar-refractivity contribution < 1.29 is 4.79 Å². The highest BCUT2D eigenvalue weighted by atomic mass is 32.2. The Morgan fingerprint density at radius 2 is 1.92 bits per heavy atom. The number of hydrogen-bond acceptors (Lipinski definition) is 7. The fraction of sp³-hybridized carbons (Fsp3) is 0.375. The largest absolute Gasteiger partial charge is 0.343 e. The summed E-state index contributed by atoms with van der Waals surface area (Å²) in [5, 5.41) is 9.33. The van der Waals surface area contributed by atoms with Crippen molar-refractivity contribution in [2.24, 2.45) is 0 Å². The molecule has 0 aromatic carbocycles. The third-order valence-corrected chi connectivity index (χ3v) is 5.74. The summed E-state index contributed by atoms with van der Waals surface area (Å²) < 4.78 is 3.41. The Bertz CT molecular complexity index is 855. The smallest absolute Gasteiger partial charge is 0.233 e. The van der Waals surface area contributed by atoms with Gasteiger partial charge < -0.3 is 15.1 Å². The number of carbonyl (C=O) groups excluding carboxylic acids is 1. The second-order valence-corrected chi connectivity index (χ2v) is 7.36. The number of aromatic nitrogens is 5. The maximum absolute atomic E-state index is 12.1. The molecule has 1 amide bonds. The van der Waals surface area contributed by atoms with Crippen molar-refractivity contribution in [2.75, 3.05) is 24.7 Å². The summed E-state index contributed by atoms with van der Waals surface area (Å²) in [5.74, 6) is 7.08. The normalized spacial score (nSPS) is 11.2. The van der Waals surface area contributed by atoms with Gasteiger partial charge in [0.15, 0.2) is 0 Å². The lowest BCUT2D eigenvalue weighted by molar-refractivity contribution is -0.127. The zero-order valence-corrected chi connectivity index (χ0v) is 16.3. The van der Waals surface area contributed by atoms with Crippen LogP contribution in [0.5, 0.6) is 0 Å². The highest BCUT2D eigenvalue weighted by molar-refractivity contribution is 8.00. The van der Waals surface area contributed by atoms with Gasteiger partial charge in [0.05, 0.1) is 11.4 Å². The molecule has 0 aliphatic rings. The summed E-state index contributed by atoms with van der Waals surface area (Å²) in [6.45, 7) is 5.33. The molecule has 0 saturated carbocycles. The summed E-state index contributed by atoms with van der Waals surface area (Å²) in [4.78, 5) is 18.4. The Morgan fingerprint density at radius 1 is 1.19 bits per heavy atom. The number of hydrogen-bond donors (Lipinski definition) is 1. The van der Waals surface area contributed by atoms with Gasteiger partial charge in [0.2, 0.25) is 16.2 Å². The molecule has 0 saturated heterocycles. The van der Waals surface area contributed by atoms with Crippen LogP contribution in [0, 0.1) is 0 Å². The molecule has 0 bridgehead atoms. The number of carbonyl (C=O) groups is 1. The summed E-state index contributed by atoms with van der Waals surface area (Å²) in [7, 11) is 0. The number of fused-ring (bicyclic) bond motifs is 1. The van der Waals surface area contributed by atoms with Crippen LogP contribution in [0.25, 0.3) is 5.65 Å². The molecule has 8 nitrogen and oxygen atoms in total. The lowest BCUT2D eigenvalue weighted by Gasteiger charge is -2.17. The van der Waals surface area contributed by atoms with Gasteiger partial charge in [-0.15, -0.1) is 10.2 Å². The minimum atomic E-state index is 0.0712. The Balaban J connectivity index is 1.59. The van der Waals surface area contributed by atoms with Gasteiger partial charge >= 0.3 is 0 Å². The first-order valence-electron chi connectivity index (χ1n) is 8.28. The Kier molecular flexibility index (Phi) is 6.04. The SMILES string of the molecule is CCN(CC)C(=O)CSc1nnc(SCc2cn3ccccc3n2)n1N. The number of amides is 1. The molecule has 3 aromatic heterocycles. The van der Waals surface area contributed by atoms with E-state index < -0.39 is 0 Å². The average Bonchev–Trinajstić information content (AvgIpc) is 3.22. The molecular formula is C16H21N7OS2. The van der Waals surface area contributed by atoms with E-state index in [1.807, 2.05) is 48.8 Å². The van der Waals surface area contributed by atoms with E-state index >= 15 is 0 Å². The van der Waals surface area contributed by atoms with Gasteiger partial charge in [0, 0.05) is 31.2 Å². The van der Waals surface area contributed by atoms with Crippen molar-refractivity contribution in [3.05, 3.63) is 36.3 Å². The predicted octanol–water partition coefficient (Wildman–Crippen LogP) is 1.89. The van der Waals surface area contributed by atoms with E-state index in [2.05, 4.69) is 15.2 Å². The second kappa shape index (κ2) is 8.45. The molecule has 0 unspecified atom stereocenters. The van der Waals surface area contributed by atoms with Crippen LogP contribution < -0.4 is 5.84 Å². The Morgan fingerprint density at radius 3 is 2.62 bits per heavy atom. The van der Waals surface area contributed by atoms with E-state index in [1.54, 1.807) is 4.90 Å². The Hall–Kier alpha value is -2.20. The van der Waals surface area contributed by atoms with Crippen LogP contribution in [-0.2, 0) is 10.5 Å². The minimum absolute atomic E-state index is 0.0712. The number of pyridine rings is 1. The fourth-order valence-electron chi connectivity index (χ4n) is 2.45. The number of nitrogen functional groups attached to an aromatic ring is 1. The maximum atomic E-state index is 12.1. The molecule has 0 aliphatic carbocycles. The number of imidazole rings is 1. The molecule has 0 fully saturated rings. The average molecular weight is 392 g/mol. The van der Waals surface area contributed by atoms with E-state index in [0.29, 0.717) is 34.9 Å². The first kappa shape index (κ1) is 18.6. The van der Waals surface area contributed by atoms with Crippen LogP contribution in [-0.4, -0.2) is 53.9 Å². The third-order valence-electron chi connectivity index (χ3n) is 3.84. The van der Waals surface area contributed by atoms with Crippen LogP contribution in [0.1, 0.15) is 19.5 Å². The van der Waals surface area contributed by atoms with Gasteiger partial charge in [-0.3, -0.25) is 4.79 Å². The molecule has 0 atom stereocenters. The third kappa shape index (κ3) is 4.13. The lowest BCUT2D eigenvalue weighted by Crippen LogP contribution is -2.32. The van der Waals surface area contributed by atoms with Gasteiger partial charge in [-0.25, -0.2) is 9.66 Å². The van der Waals surface area contributed by atoms with E-state index in [9.17, 15) is 4.79 Å². The van der Waals surface area contributed by atoms with Gasteiger partial charge in [-0.2, -0.15) is 0 Å². The summed E-state index contributed by atoms with van der Waals surface area (Å²) in [6, 6.07) is 5.88. The number of nitrogens with two attached hydrogens (primary N) is 1. The van der Waals surface area contributed by atoms with Crippen molar-refractivity contribution in [3.63, 3.8) is 0 Å². The van der Waals surface area contributed by atoms with Crippen LogP contribution in [0.4, 0.5) is 0 Å². The molecule has 3 aromatic rings. The van der Waals surface area contributed by atoms with Crippen molar-refractivity contribution in [1.29, 1.82) is 0 Å². The number of thioether (sulfide) groups is 2. The van der Waals surface area contributed by atoms with Gasteiger partial charge in [0.25, 0.3) is 0 Å². The molecule has 26 heavy (non-hydrogen) atoms. The summed E-state index contributed by atoms with van der Waals surface area (Å²) in [6.07, 6.45) is 3.95. The van der Waals surface area contributed by atoms with E-state index in [1.165, 1.54) is 28.2 Å². The van der Waals surface area contributed by atoms with Gasteiger partial charge in [0.1, 0.15) is 5.65 Å². The Labute approximate surface area is 160 Å². The van der Waals surface area contributed by atoms with Gasteiger partial charge in [-0.05, 0) is 26.0 Å². The predicted molar refractivity (Wildman–Crippen MR) is 104 cm³/mol. The standard InChI is InChI=1S/C16H21N7OS2/c1-3-21(4-2)14(24)11-26-16-20-19-15(23(16)17)25-10-12-9-22-8-6-5-7-13(22)18-12/h5-9H,3-4,10-11,17H2,1-2H3. The molecule has 3 rings (SSSR count). The quantitative estimate of drug-likeness (QED) is 0.463. The molecule has 10 heteroatoms. The van der Waals surface area contributed by atoms with Crippen molar-refractivity contribution in [1.82, 2.24) is 29.2 Å². The van der Waals surface area contributed by atoms with E-state index in [0.717, 1.165) is 11.3 Å². The molecule has 0 spiro atoms. The zero-order valence-electron chi connectivity index (χ0n) is 14.7. The van der Waals surface area contributed by atoms with Crippen LogP contribution in [0.15, 0.2) is 40.9 Å². The topological polar surface area (TPSA) is 94.3 Å². The molecule has 138 valence electrons. The molecule has 2 N–H and O–H groups in total. The molecule has 0 radical (unpaired) electrons. The van der Waals surface area contributed by atoms with Crippen molar-refractivity contribution in [2.45, 2.75) is 29.9 Å². The van der Waals surface area contributed by atoms with Crippen molar-refractivity contribution >= 4 is 35.1 Å². The number of nitrogens with zero attached hydrogens (tertiary/aromatic N) is 6. The van der Waals surface area contributed by atoms with Gasteiger partial charge in [-0.1, -0.05) is 29.6 Å². The summed E-state index contributed by atoms with van der Waals surface area (Å²) >= 11 is 2.77. The minimum Gasteiger partial charge on any atom is -0.343 e. The first-order chi connectivity index (χ1) is 12.6. The number of rotatable bonds is 8. The molecular weight excluding hydrogens is 370 g/mol. The fourth-order valence-corrected chi connectivity index (χ4v) is 4.01. The highest BCUT2D eigenvalue weighted by Crippen LogP contribution is 2.24. The second-order valence-electron chi connectivity index (χ2n) is 5.48. The highest BCUT2D eigenvalue weighted by Gasteiger charge is 2.15. The first-order valence-corrected chi connectivity index (χ1v) is 10.3. The van der Waals surface area contributed by atoms with Crippen molar-refractivity contribution in [3.8, 4) is 0 Å². The van der Waals surface area contributed by atoms with E-state index in [4.69, 9.17) is 5.84 Å². The van der Waals surface area contributed by atoms with Crippen LogP contribution in [0.3, 0.4) is 0 Å². The van der Waals surface area contributed by atoms with E-state index in [-0.39, 0.29) is 5.91 Å². The van der Waals surface area contributed by atoms with Crippen LogP contribution in [0.2, 0.25) is 0 Å². The monoisotopic (exact) mass is 391 g/mol. The molecule has 0 aliphatic heterocycles. The zero-order chi connectivity index (χ0) is 18.5. The molecule has 3 heterocycles. The maximum Gasteiger partial charge on any atom is 0.233 e. The summed E-state index contributed by atoms with van der Waals surface area (Å²) in [5.41, 5.74) is 1.85.